The van der Waals surface area contributed by atoms with Gasteiger partial charge in [0.2, 0.25) is 10.1 Å². The summed E-state index contributed by atoms with van der Waals surface area (Å²) in [5.41, 5.74) is 1.86. The molecule has 1 aliphatic rings. The first kappa shape index (κ1) is 17.4. The molecule has 0 saturated carbocycles. The van der Waals surface area contributed by atoms with Crippen molar-refractivity contribution >= 4 is 38.8 Å². The fraction of sp³-hybridized carbons (Fsp3) is 0.211. The summed E-state index contributed by atoms with van der Waals surface area (Å²) >= 11 is 7.44. The Morgan fingerprint density at radius 1 is 1.21 bits per heavy atom. The third-order valence-corrected chi connectivity index (χ3v) is 5.84. The quantitative estimate of drug-likeness (QED) is 0.538. The second kappa shape index (κ2) is 7.03. The lowest BCUT2D eigenvalue weighted by Crippen LogP contribution is -2.27. The molecule has 6 nitrogen and oxygen atoms in total. The van der Waals surface area contributed by atoms with Crippen LogP contribution < -0.4 is 10.2 Å². The van der Waals surface area contributed by atoms with E-state index in [0.29, 0.717) is 17.4 Å². The van der Waals surface area contributed by atoms with E-state index in [1.165, 1.54) is 17.4 Å². The van der Waals surface area contributed by atoms with Crippen molar-refractivity contribution in [2.45, 2.75) is 12.5 Å². The zero-order chi connectivity index (χ0) is 19.1. The molecule has 3 aromatic heterocycles. The minimum atomic E-state index is -0.286. The predicted molar refractivity (Wildman–Crippen MR) is 110 cm³/mol. The van der Waals surface area contributed by atoms with Crippen LogP contribution in [0.25, 0.3) is 16.2 Å². The fourth-order valence-electron chi connectivity index (χ4n) is 3.37. The van der Waals surface area contributed by atoms with Crippen molar-refractivity contribution in [3.8, 4) is 11.3 Å². The van der Waals surface area contributed by atoms with Crippen LogP contribution >= 0.6 is 22.9 Å². The van der Waals surface area contributed by atoms with E-state index in [2.05, 4.69) is 20.4 Å². The molecule has 0 spiro atoms. The lowest BCUT2D eigenvalue weighted by molar-refractivity contribution is 0.615. The van der Waals surface area contributed by atoms with E-state index in [0.717, 1.165) is 34.3 Å². The van der Waals surface area contributed by atoms with Gasteiger partial charge in [-0.05, 0) is 30.7 Å². The van der Waals surface area contributed by atoms with Gasteiger partial charge in [-0.15, -0.1) is 5.10 Å². The molecule has 1 unspecified atom stereocenters. The maximum atomic E-state index is 13.9. The van der Waals surface area contributed by atoms with Crippen molar-refractivity contribution in [2.24, 2.45) is 0 Å². The van der Waals surface area contributed by atoms with Crippen molar-refractivity contribution in [1.29, 1.82) is 0 Å². The van der Waals surface area contributed by atoms with Crippen LogP contribution in [0.2, 0.25) is 5.02 Å². The van der Waals surface area contributed by atoms with Crippen LogP contribution in [0.5, 0.6) is 0 Å². The van der Waals surface area contributed by atoms with E-state index in [9.17, 15) is 4.39 Å². The van der Waals surface area contributed by atoms with Crippen LogP contribution in [-0.2, 0) is 0 Å². The zero-order valence-electron chi connectivity index (χ0n) is 14.7. The monoisotopic (exact) mass is 414 g/mol. The summed E-state index contributed by atoms with van der Waals surface area (Å²) in [5, 5.41) is 9.53. The SMILES string of the molecule is Fc1cccnc1N1CCC(Nc2nn3cc(-c4ccc(Cl)cc4)nc3s2)C1. The highest BCUT2D eigenvalue weighted by atomic mass is 35.5. The van der Waals surface area contributed by atoms with Gasteiger partial charge in [0.15, 0.2) is 11.6 Å². The summed E-state index contributed by atoms with van der Waals surface area (Å²) in [5.74, 6) is 0.124. The molecule has 1 aromatic carbocycles. The summed E-state index contributed by atoms with van der Waals surface area (Å²) in [6, 6.07) is 10.8. The molecular weight excluding hydrogens is 399 g/mol. The third kappa shape index (κ3) is 3.29. The lowest BCUT2D eigenvalue weighted by atomic mass is 10.2. The first-order valence-electron chi connectivity index (χ1n) is 8.90. The van der Waals surface area contributed by atoms with Gasteiger partial charge in [-0.25, -0.2) is 18.9 Å². The Bertz CT molecular complexity index is 1090. The largest absolute Gasteiger partial charge is 0.355 e. The maximum Gasteiger partial charge on any atom is 0.214 e. The highest BCUT2D eigenvalue weighted by Crippen LogP contribution is 2.27. The summed E-state index contributed by atoms with van der Waals surface area (Å²) < 4.78 is 15.7. The number of fused-ring (bicyclic) bond motifs is 1. The van der Waals surface area contributed by atoms with E-state index in [-0.39, 0.29) is 11.9 Å². The summed E-state index contributed by atoms with van der Waals surface area (Å²) in [6.07, 6.45) is 4.42. The standard InChI is InChI=1S/C19H16ClFN6S/c20-13-5-3-12(4-6-13)16-11-27-19(24-16)28-18(25-27)23-14-7-9-26(10-14)17-15(21)2-1-8-22-17/h1-6,8,11,14H,7,9-10H2,(H,23,25). The van der Waals surface area contributed by atoms with E-state index in [1.54, 1.807) is 16.8 Å². The van der Waals surface area contributed by atoms with Crippen LogP contribution in [0.4, 0.5) is 15.3 Å². The van der Waals surface area contributed by atoms with Crippen molar-refractivity contribution in [3.05, 3.63) is 59.6 Å². The highest BCUT2D eigenvalue weighted by molar-refractivity contribution is 7.20. The molecule has 1 atom stereocenters. The summed E-state index contributed by atoms with van der Waals surface area (Å²) in [7, 11) is 0. The molecule has 4 heterocycles. The van der Waals surface area contributed by atoms with Crippen LogP contribution in [-0.4, -0.2) is 38.7 Å². The van der Waals surface area contributed by atoms with Crippen molar-refractivity contribution < 1.29 is 4.39 Å². The number of halogens is 2. The number of hydrogen-bond acceptors (Lipinski definition) is 6. The Morgan fingerprint density at radius 3 is 2.86 bits per heavy atom. The molecule has 1 fully saturated rings. The van der Waals surface area contributed by atoms with E-state index in [1.807, 2.05) is 35.4 Å². The number of benzene rings is 1. The molecule has 0 amide bonds. The summed E-state index contributed by atoms with van der Waals surface area (Å²) in [4.78, 5) is 11.6. The normalized spacial score (nSPS) is 16.8. The van der Waals surface area contributed by atoms with Gasteiger partial charge in [0.05, 0.1) is 11.9 Å². The average Bonchev–Trinajstić information content (AvgIpc) is 3.38. The molecule has 4 aromatic rings. The number of pyridine rings is 1. The van der Waals surface area contributed by atoms with Gasteiger partial charge >= 0.3 is 0 Å². The number of nitrogens with zero attached hydrogens (tertiary/aromatic N) is 5. The minimum absolute atomic E-state index is 0.188. The highest BCUT2D eigenvalue weighted by Gasteiger charge is 2.26. The third-order valence-electron chi connectivity index (χ3n) is 4.74. The Balaban J connectivity index is 1.29. The van der Waals surface area contributed by atoms with Gasteiger partial charge < -0.3 is 10.2 Å². The predicted octanol–water partition coefficient (Wildman–Crippen LogP) is 4.34. The molecule has 1 saturated heterocycles. The minimum Gasteiger partial charge on any atom is -0.355 e. The summed E-state index contributed by atoms with van der Waals surface area (Å²) in [6.45, 7) is 1.45. The Hall–Kier alpha value is -2.71. The molecule has 1 N–H and O–H groups in total. The van der Waals surface area contributed by atoms with Gasteiger partial charge in [-0.3, -0.25) is 0 Å². The lowest BCUT2D eigenvalue weighted by Gasteiger charge is -2.17. The molecule has 28 heavy (non-hydrogen) atoms. The molecule has 9 heteroatoms. The van der Waals surface area contributed by atoms with Crippen LogP contribution in [0.15, 0.2) is 48.8 Å². The number of anilines is 2. The molecule has 5 rings (SSSR count). The Kier molecular flexibility index (Phi) is 4.37. The van der Waals surface area contributed by atoms with E-state index >= 15 is 0 Å². The maximum absolute atomic E-state index is 13.9. The molecule has 0 aliphatic carbocycles. The van der Waals surface area contributed by atoms with Gasteiger partial charge in [0.25, 0.3) is 0 Å². The first-order valence-corrected chi connectivity index (χ1v) is 10.1. The molecule has 1 aliphatic heterocycles. The second-order valence-electron chi connectivity index (χ2n) is 6.65. The first-order chi connectivity index (χ1) is 13.7. The van der Waals surface area contributed by atoms with Crippen molar-refractivity contribution in [1.82, 2.24) is 19.6 Å². The topological polar surface area (TPSA) is 58.4 Å². The van der Waals surface area contributed by atoms with E-state index in [4.69, 9.17) is 11.6 Å². The number of nitrogens with one attached hydrogen (secondary N) is 1. The van der Waals surface area contributed by atoms with Crippen molar-refractivity contribution in [3.63, 3.8) is 0 Å². The zero-order valence-corrected chi connectivity index (χ0v) is 16.3. The number of aromatic nitrogens is 4. The van der Waals surface area contributed by atoms with E-state index < -0.39 is 0 Å². The number of hydrogen-bond donors (Lipinski definition) is 1. The second-order valence-corrected chi connectivity index (χ2v) is 8.04. The molecular formula is C19H16ClFN6S. The Labute approximate surface area is 169 Å². The fourth-order valence-corrected chi connectivity index (χ4v) is 4.36. The van der Waals surface area contributed by atoms with Crippen molar-refractivity contribution in [2.75, 3.05) is 23.3 Å². The van der Waals surface area contributed by atoms with Gasteiger partial charge in [-0.1, -0.05) is 35.1 Å². The Morgan fingerprint density at radius 2 is 2.07 bits per heavy atom. The van der Waals surface area contributed by atoms with Crippen LogP contribution in [0.1, 0.15) is 6.42 Å². The smallest absolute Gasteiger partial charge is 0.214 e. The molecule has 142 valence electrons. The number of imidazole rings is 1. The average molecular weight is 415 g/mol. The van der Waals surface area contributed by atoms with Crippen LogP contribution in [0, 0.1) is 5.82 Å². The van der Waals surface area contributed by atoms with Crippen LogP contribution in [0.3, 0.4) is 0 Å². The molecule has 0 radical (unpaired) electrons. The van der Waals surface area contributed by atoms with Gasteiger partial charge in [-0.2, -0.15) is 0 Å². The number of rotatable bonds is 4. The molecule has 0 bridgehead atoms. The van der Waals surface area contributed by atoms with Gasteiger partial charge in [0.1, 0.15) is 0 Å². The van der Waals surface area contributed by atoms with Gasteiger partial charge in [0, 0.05) is 35.9 Å².